The molecule has 3 nitrogen and oxygen atoms in total. The van der Waals surface area contributed by atoms with Crippen LogP contribution in [-0.4, -0.2) is 25.0 Å². The Morgan fingerprint density at radius 1 is 1.06 bits per heavy atom. The van der Waals surface area contributed by atoms with Crippen molar-refractivity contribution in [3.05, 3.63) is 0 Å². The minimum absolute atomic E-state index is 0.251. The Balaban J connectivity index is 2.12. The number of carbonyl (C=O) groups excluding carboxylic acids is 1. The van der Waals surface area contributed by atoms with Gasteiger partial charge in [-0.05, 0) is 37.5 Å². The van der Waals surface area contributed by atoms with Crippen LogP contribution < -0.4 is 10.6 Å². The Labute approximate surface area is 112 Å². The first kappa shape index (κ1) is 15.5. The molecule has 0 spiro atoms. The molecule has 0 heterocycles. The Kier molecular flexibility index (Phi) is 6.69. The third-order valence-electron chi connectivity index (χ3n) is 3.32. The molecule has 0 atom stereocenters. The number of hydrogen-bond donors (Lipinski definition) is 2. The number of amides is 1. The van der Waals surface area contributed by atoms with E-state index in [1.165, 1.54) is 12.8 Å². The molecular formula is C15H30N2O. The average molecular weight is 254 g/mol. The van der Waals surface area contributed by atoms with E-state index in [4.69, 9.17) is 0 Å². The minimum Gasteiger partial charge on any atom is -0.355 e. The molecule has 1 fully saturated rings. The van der Waals surface area contributed by atoms with Crippen molar-refractivity contribution >= 4 is 5.91 Å². The molecule has 0 aromatic heterocycles. The van der Waals surface area contributed by atoms with E-state index in [1.54, 1.807) is 0 Å². The van der Waals surface area contributed by atoms with E-state index in [9.17, 15) is 4.79 Å². The van der Waals surface area contributed by atoms with Crippen LogP contribution in [0.15, 0.2) is 0 Å². The Bertz CT molecular complexity index is 237. The molecule has 0 bridgehead atoms. The van der Waals surface area contributed by atoms with E-state index in [2.05, 4.69) is 38.3 Å². The molecule has 1 saturated carbocycles. The fourth-order valence-electron chi connectivity index (χ4n) is 2.35. The second-order valence-corrected chi connectivity index (χ2v) is 6.48. The topological polar surface area (TPSA) is 41.1 Å². The van der Waals surface area contributed by atoms with Crippen LogP contribution in [0, 0.1) is 17.8 Å². The van der Waals surface area contributed by atoms with Gasteiger partial charge in [0.05, 0.1) is 0 Å². The molecule has 0 aromatic carbocycles. The SMILES string of the molecule is CC(C)CC(CC(C)C)NCCNC(=O)C1CC1. The van der Waals surface area contributed by atoms with Crippen LogP contribution in [0.3, 0.4) is 0 Å². The summed E-state index contributed by atoms with van der Waals surface area (Å²) in [6, 6.07) is 0.586. The fraction of sp³-hybridized carbons (Fsp3) is 0.933. The lowest BCUT2D eigenvalue weighted by Crippen LogP contribution is -2.38. The molecule has 0 unspecified atom stereocenters. The molecule has 1 amide bonds. The highest BCUT2D eigenvalue weighted by Crippen LogP contribution is 2.28. The van der Waals surface area contributed by atoms with E-state index < -0.39 is 0 Å². The van der Waals surface area contributed by atoms with Gasteiger partial charge in [-0.25, -0.2) is 0 Å². The van der Waals surface area contributed by atoms with Crippen LogP contribution in [-0.2, 0) is 4.79 Å². The highest BCUT2D eigenvalue weighted by molar-refractivity contribution is 5.80. The fourth-order valence-corrected chi connectivity index (χ4v) is 2.35. The lowest BCUT2D eigenvalue weighted by atomic mass is 9.96. The quantitative estimate of drug-likeness (QED) is 0.621. The molecule has 1 aliphatic rings. The highest BCUT2D eigenvalue weighted by Gasteiger charge is 2.29. The van der Waals surface area contributed by atoms with Crippen LogP contribution >= 0.6 is 0 Å². The van der Waals surface area contributed by atoms with Gasteiger partial charge in [-0.15, -0.1) is 0 Å². The molecule has 1 rings (SSSR count). The smallest absolute Gasteiger partial charge is 0.223 e. The summed E-state index contributed by atoms with van der Waals surface area (Å²) in [5.41, 5.74) is 0. The van der Waals surface area contributed by atoms with E-state index in [0.717, 1.165) is 37.8 Å². The normalized spacial score (nSPS) is 15.7. The Morgan fingerprint density at radius 2 is 1.61 bits per heavy atom. The monoisotopic (exact) mass is 254 g/mol. The summed E-state index contributed by atoms with van der Waals surface area (Å²) in [7, 11) is 0. The Hall–Kier alpha value is -0.570. The molecular weight excluding hydrogens is 224 g/mol. The van der Waals surface area contributed by atoms with Gasteiger partial charge in [0, 0.05) is 25.0 Å². The van der Waals surface area contributed by atoms with Crippen LogP contribution in [0.25, 0.3) is 0 Å². The van der Waals surface area contributed by atoms with Gasteiger partial charge < -0.3 is 10.6 Å². The summed E-state index contributed by atoms with van der Waals surface area (Å²) >= 11 is 0. The van der Waals surface area contributed by atoms with Crippen molar-refractivity contribution in [2.75, 3.05) is 13.1 Å². The van der Waals surface area contributed by atoms with Gasteiger partial charge in [-0.2, -0.15) is 0 Å². The Morgan fingerprint density at radius 3 is 2.06 bits per heavy atom. The number of rotatable bonds is 9. The minimum atomic E-state index is 0.251. The van der Waals surface area contributed by atoms with Crippen molar-refractivity contribution in [1.29, 1.82) is 0 Å². The van der Waals surface area contributed by atoms with Crippen molar-refractivity contribution < 1.29 is 4.79 Å². The maximum Gasteiger partial charge on any atom is 0.223 e. The van der Waals surface area contributed by atoms with Gasteiger partial charge in [0.25, 0.3) is 0 Å². The third-order valence-corrected chi connectivity index (χ3v) is 3.32. The molecule has 1 aliphatic carbocycles. The maximum absolute atomic E-state index is 11.5. The van der Waals surface area contributed by atoms with E-state index in [1.807, 2.05) is 0 Å². The zero-order chi connectivity index (χ0) is 13.5. The van der Waals surface area contributed by atoms with Crippen molar-refractivity contribution in [1.82, 2.24) is 10.6 Å². The molecule has 0 aromatic rings. The van der Waals surface area contributed by atoms with Gasteiger partial charge in [-0.1, -0.05) is 27.7 Å². The zero-order valence-electron chi connectivity index (χ0n) is 12.5. The van der Waals surface area contributed by atoms with Crippen LogP contribution in [0.2, 0.25) is 0 Å². The van der Waals surface area contributed by atoms with Gasteiger partial charge >= 0.3 is 0 Å². The molecule has 0 radical (unpaired) electrons. The number of nitrogens with one attached hydrogen (secondary N) is 2. The molecule has 0 aliphatic heterocycles. The first-order chi connectivity index (χ1) is 8.49. The van der Waals surface area contributed by atoms with Crippen LogP contribution in [0.5, 0.6) is 0 Å². The standard InChI is InChI=1S/C15H30N2O/c1-11(2)9-14(10-12(3)4)16-7-8-17-15(18)13-5-6-13/h11-14,16H,5-10H2,1-4H3,(H,17,18). The zero-order valence-corrected chi connectivity index (χ0v) is 12.5. The second-order valence-electron chi connectivity index (χ2n) is 6.48. The average Bonchev–Trinajstić information content (AvgIpc) is 3.05. The molecule has 3 heteroatoms. The molecule has 2 N–H and O–H groups in total. The largest absolute Gasteiger partial charge is 0.355 e. The summed E-state index contributed by atoms with van der Waals surface area (Å²) in [5, 5.41) is 6.59. The van der Waals surface area contributed by atoms with Gasteiger partial charge in [0.15, 0.2) is 0 Å². The summed E-state index contributed by atoms with van der Waals surface area (Å²) in [5.74, 6) is 2.03. The van der Waals surface area contributed by atoms with Crippen molar-refractivity contribution in [2.24, 2.45) is 17.8 Å². The molecule has 106 valence electrons. The van der Waals surface area contributed by atoms with Crippen LogP contribution in [0.4, 0.5) is 0 Å². The number of carbonyl (C=O) groups is 1. The van der Waals surface area contributed by atoms with Gasteiger partial charge in [-0.3, -0.25) is 4.79 Å². The first-order valence-corrected chi connectivity index (χ1v) is 7.50. The van der Waals surface area contributed by atoms with E-state index in [0.29, 0.717) is 12.0 Å². The summed E-state index contributed by atoms with van der Waals surface area (Å²) in [6.07, 6.45) is 4.61. The number of hydrogen-bond acceptors (Lipinski definition) is 2. The second kappa shape index (κ2) is 7.78. The third kappa shape index (κ3) is 7.00. The van der Waals surface area contributed by atoms with E-state index >= 15 is 0 Å². The van der Waals surface area contributed by atoms with Crippen molar-refractivity contribution in [2.45, 2.75) is 59.4 Å². The summed E-state index contributed by atoms with van der Waals surface area (Å²) in [4.78, 5) is 11.5. The summed E-state index contributed by atoms with van der Waals surface area (Å²) < 4.78 is 0. The van der Waals surface area contributed by atoms with Crippen LogP contribution in [0.1, 0.15) is 53.4 Å². The lowest BCUT2D eigenvalue weighted by molar-refractivity contribution is -0.122. The predicted octanol–water partition coefficient (Wildman–Crippen LogP) is 2.56. The van der Waals surface area contributed by atoms with E-state index in [-0.39, 0.29) is 5.91 Å². The van der Waals surface area contributed by atoms with Gasteiger partial charge in [0.2, 0.25) is 5.91 Å². The van der Waals surface area contributed by atoms with Gasteiger partial charge in [0.1, 0.15) is 0 Å². The molecule has 18 heavy (non-hydrogen) atoms. The van der Waals surface area contributed by atoms with Crippen molar-refractivity contribution in [3.8, 4) is 0 Å². The first-order valence-electron chi connectivity index (χ1n) is 7.50. The maximum atomic E-state index is 11.5. The lowest BCUT2D eigenvalue weighted by Gasteiger charge is -2.22. The predicted molar refractivity (Wildman–Crippen MR) is 76.4 cm³/mol. The van der Waals surface area contributed by atoms with Crippen molar-refractivity contribution in [3.63, 3.8) is 0 Å². The molecule has 0 saturated heterocycles. The summed E-state index contributed by atoms with van der Waals surface area (Å²) in [6.45, 7) is 10.7. The highest BCUT2D eigenvalue weighted by atomic mass is 16.2.